The highest BCUT2D eigenvalue weighted by Gasteiger charge is 2.17. The lowest BCUT2D eigenvalue weighted by molar-refractivity contribution is 0.402. The second-order valence-electron chi connectivity index (χ2n) is 4.87. The fourth-order valence-electron chi connectivity index (χ4n) is 2.29. The van der Waals surface area contributed by atoms with Crippen molar-refractivity contribution in [2.75, 3.05) is 12.4 Å². The Hall–Kier alpha value is -2.17. The second kappa shape index (κ2) is 6.52. The average molecular weight is 289 g/mol. The smallest absolute Gasteiger partial charge is 0.132 e. The topological polar surface area (TPSA) is 47.0 Å². The number of nitrogens with zero attached hydrogens (tertiary/aromatic N) is 2. The van der Waals surface area contributed by atoms with E-state index in [1.807, 2.05) is 26.8 Å². The van der Waals surface area contributed by atoms with Crippen molar-refractivity contribution >= 4 is 5.82 Å². The summed E-state index contributed by atoms with van der Waals surface area (Å²) in [6.45, 7) is 5.76. The van der Waals surface area contributed by atoms with E-state index in [0.29, 0.717) is 23.0 Å². The molecule has 1 unspecified atom stereocenters. The van der Waals surface area contributed by atoms with E-state index >= 15 is 0 Å². The maximum Gasteiger partial charge on any atom is 0.132 e. The van der Waals surface area contributed by atoms with Gasteiger partial charge in [-0.15, -0.1) is 0 Å². The number of hydrogen-bond donors (Lipinski definition) is 1. The molecule has 5 heteroatoms. The van der Waals surface area contributed by atoms with E-state index in [0.717, 1.165) is 12.1 Å². The van der Waals surface area contributed by atoms with Crippen molar-refractivity contribution in [2.24, 2.45) is 0 Å². The Kier molecular flexibility index (Phi) is 4.73. The van der Waals surface area contributed by atoms with Crippen molar-refractivity contribution in [2.45, 2.75) is 33.2 Å². The van der Waals surface area contributed by atoms with Crippen LogP contribution >= 0.6 is 0 Å². The fraction of sp³-hybridized carbons (Fsp3) is 0.375. The quantitative estimate of drug-likeness (QED) is 0.912. The van der Waals surface area contributed by atoms with Gasteiger partial charge in [-0.05, 0) is 32.4 Å². The van der Waals surface area contributed by atoms with E-state index in [9.17, 15) is 4.39 Å². The van der Waals surface area contributed by atoms with Crippen LogP contribution in [0.15, 0.2) is 24.3 Å². The van der Waals surface area contributed by atoms with Crippen LogP contribution in [0.1, 0.15) is 37.0 Å². The lowest BCUT2D eigenvalue weighted by Crippen LogP contribution is -2.12. The van der Waals surface area contributed by atoms with Gasteiger partial charge in [-0.25, -0.2) is 14.4 Å². The van der Waals surface area contributed by atoms with Crippen LogP contribution in [0.5, 0.6) is 5.75 Å². The molecule has 4 nitrogen and oxygen atoms in total. The van der Waals surface area contributed by atoms with Gasteiger partial charge < -0.3 is 10.1 Å². The second-order valence-corrected chi connectivity index (χ2v) is 4.87. The van der Waals surface area contributed by atoms with Crippen LogP contribution < -0.4 is 10.1 Å². The zero-order valence-electron chi connectivity index (χ0n) is 12.8. The molecule has 2 rings (SSSR count). The fourth-order valence-corrected chi connectivity index (χ4v) is 2.29. The first kappa shape index (κ1) is 15.2. The summed E-state index contributed by atoms with van der Waals surface area (Å²) in [6, 6.07) is 6.43. The first-order valence-corrected chi connectivity index (χ1v) is 6.98. The van der Waals surface area contributed by atoms with Gasteiger partial charge in [0.05, 0.1) is 18.7 Å². The largest absolute Gasteiger partial charge is 0.496 e. The number of halogens is 1. The summed E-state index contributed by atoms with van der Waals surface area (Å²) in [4.78, 5) is 8.68. The van der Waals surface area contributed by atoms with Crippen molar-refractivity contribution in [3.05, 3.63) is 47.2 Å². The Morgan fingerprint density at radius 1 is 1.33 bits per heavy atom. The summed E-state index contributed by atoms with van der Waals surface area (Å²) in [5.74, 6) is 1.62. The standard InChI is InChI=1S/C16H20FN3O/c1-5-12-9-15(20-11(3)19-12)18-10(2)16-13(17)7-6-8-14(16)21-4/h6-10H,5H2,1-4H3,(H,18,19,20). The first-order chi connectivity index (χ1) is 10.0. The average Bonchev–Trinajstić information content (AvgIpc) is 2.45. The van der Waals surface area contributed by atoms with Crippen LogP contribution in [-0.2, 0) is 6.42 Å². The Bertz CT molecular complexity index is 631. The number of aromatic nitrogens is 2. The number of ether oxygens (including phenoxy) is 1. The van der Waals surface area contributed by atoms with Crippen LogP contribution in [0.2, 0.25) is 0 Å². The molecule has 0 amide bonds. The minimum absolute atomic E-state index is 0.264. The van der Waals surface area contributed by atoms with Crippen LogP contribution in [0.4, 0.5) is 10.2 Å². The van der Waals surface area contributed by atoms with Gasteiger partial charge in [-0.3, -0.25) is 0 Å². The molecular weight excluding hydrogens is 269 g/mol. The molecule has 0 spiro atoms. The van der Waals surface area contributed by atoms with Crippen LogP contribution in [0, 0.1) is 12.7 Å². The maximum absolute atomic E-state index is 14.1. The van der Waals surface area contributed by atoms with E-state index in [4.69, 9.17) is 4.74 Å². The molecule has 1 N–H and O–H groups in total. The van der Waals surface area contributed by atoms with Gasteiger partial charge in [0.25, 0.3) is 0 Å². The van der Waals surface area contributed by atoms with Gasteiger partial charge >= 0.3 is 0 Å². The highest BCUT2D eigenvalue weighted by atomic mass is 19.1. The van der Waals surface area contributed by atoms with Crippen molar-refractivity contribution in [1.29, 1.82) is 0 Å². The first-order valence-electron chi connectivity index (χ1n) is 6.98. The molecule has 0 aliphatic heterocycles. The third-order valence-electron chi connectivity index (χ3n) is 3.28. The molecule has 0 bridgehead atoms. The lowest BCUT2D eigenvalue weighted by Gasteiger charge is -2.19. The number of rotatable bonds is 5. The summed E-state index contributed by atoms with van der Waals surface area (Å²) >= 11 is 0. The summed E-state index contributed by atoms with van der Waals surface area (Å²) in [7, 11) is 1.54. The molecule has 1 aromatic heterocycles. The monoisotopic (exact) mass is 289 g/mol. The maximum atomic E-state index is 14.1. The van der Waals surface area contributed by atoms with E-state index in [2.05, 4.69) is 15.3 Å². The summed E-state index contributed by atoms with van der Waals surface area (Å²) in [6.07, 6.45) is 0.829. The summed E-state index contributed by atoms with van der Waals surface area (Å²) < 4.78 is 19.3. The molecule has 1 heterocycles. The van der Waals surface area contributed by atoms with Crippen LogP contribution in [0.25, 0.3) is 0 Å². The Labute approximate surface area is 124 Å². The zero-order chi connectivity index (χ0) is 15.4. The molecule has 1 atom stereocenters. The van der Waals surface area contributed by atoms with E-state index in [1.54, 1.807) is 12.1 Å². The molecule has 0 aliphatic rings. The van der Waals surface area contributed by atoms with Gasteiger partial charge in [0.1, 0.15) is 23.2 Å². The summed E-state index contributed by atoms with van der Waals surface area (Å²) in [5, 5.41) is 3.22. The number of aryl methyl sites for hydroxylation is 2. The van der Waals surface area contributed by atoms with Crippen molar-refractivity contribution in [3.8, 4) is 5.75 Å². The van der Waals surface area contributed by atoms with E-state index in [-0.39, 0.29) is 11.9 Å². The van der Waals surface area contributed by atoms with Gasteiger partial charge in [0, 0.05) is 11.8 Å². The number of nitrogens with one attached hydrogen (secondary N) is 1. The molecule has 112 valence electrons. The third kappa shape index (κ3) is 3.48. The van der Waals surface area contributed by atoms with E-state index < -0.39 is 0 Å². The van der Waals surface area contributed by atoms with Crippen molar-refractivity contribution in [3.63, 3.8) is 0 Å². The predicted octanol–water partition coefficient (Wildman–Crippen LogP) is 3.67. The van der Waals surface area contributed by atoms with E-state index in [1.165, 1.54) is 13.2 Å². The predicted molar refractivity (Wildman–Crippen MR) is 81.1 cm³/mol. The van der Waals surface area contributed by atoms with Gasteiger partial charge in [-0.2, -0.15) is 0 Å². The normalized spacial score (nSPS) is 12.0. The number of anilines is 1. The van der Waals surface area contributed by atoms with Crippen LogP contribution in [0.3, 0.4) is 0 Å². The Balaban J connectivity index is 2.30. The number of hydrogen-bond acceptors (Lipinski definition) is 4. The Morgan fingerprint density at radius 2 is 2.10 bits per heavy atom. The molecule has 0 saturated heterocycles. The molecule has 0 fully saturated rings. The minimum atomic E-state index is -0.296. The van der Waals surface area contributed by atoms with Crippen molar-refractivity contribution in [1.82, 2.24) is 9.97 Å². The molecule has 0 saturated carbocycles. The molecule has 0 radical (unpaired) electrons. The highest BCUT2D eigenvalue weighted by molar-refractivity contribution is 5.44. The van der Waals surface area contributed by atoms with Gasteiger partial charge in [0.15, 0.2) is 0 Å². The molecule has 2 aromatic rings. The SMILES string of the molecule is CCc1cc(NC(C)c2c(F)cccc2OC)nc(C)n1. The summed E-state index contributed by atoms with van der Waals surface area (Å²) in [5.41, 5.74) is 1.45. The highest BCUT2D eigenvalue weighted by Crippen LogP contribution is 2.29. The Morgan fingerprint density at radius 3 is 2.76 bits per heavy atom. The molecule has 0 aliphatic carbocycles. The lowest BCUT2D eigenvalue weighted by atomic mass is 10.1. The molecular formula is C16H20FN3O. The van der Waals surface area contributed by atoms with Crippen LogP contribution in [-0.4, -0.2) is 17.1 Å². The minimum Gasteiger partial charge on any atom is -0.496 e. The number of methoxy groups -OCH3 is 1. The third-order valence-corrected chi connectivity index (χ3v) is 3.28. The van der Waals surface area contributed by atoms with Gasteiger partial charge in [-0.1, -0.05) is 13.0 Å². The molecule has 21 heavy (non-hydrogen) atoms. The van der Waals surface area contributed by atoms with Crippen molar-refractivity contribution < 1.29 is 9.13 Å². The zero-order valence-corrected chi connectivity index (χ0v) is 12.8. The molecule has 1 aromatic carbocycles. The van der Waals surface area contributed by atoms with Gasteiger partial charge in [0.2, 0.25) is 0 Å². The number of benzene rings is 1.